The van der Waals surface area contributed by atoms with Crippen LogP contribution in [0.2, 0.25) is 0 Å². The van der Waals surface area contributed by atoms with Crippen LogP contribution in [-0.4, -0.2) is 19.6 Å². The van der Waals surface area contributed by atoms with Gasteiger partial charge in [-0.05, 0) is 0 Å². The SMILES string of the molecule is CCCSC(=S)[S][Ge]([Br])([c]1ccccc1)[c]1ccccc1. The molecule has 0 aliphatic heterocycles. The Balaban J connectivity index is 2.33. The van der Waals surface area contributed by atoms with Gasteiger partial charge >= 0.3 is 150 Å². The second-order valence-electron chi connectivity index (χ2n) is 4.53. The van der Waals surface area contributed by atoms with E-state index in [2.05, 4.69) is 81.6 Å². The van der Waals surface area contributed by atoms with Crippen molar-refractivity contribution < 1.29 is 0 Å². The average molecular weight is 458 g/mol. The predicted octanol–water partition coefficient (Wildman–Crippen LogP) is 4.80. The van der Waals surface area contributed by atoms with Crippen molar-refractivity contribution in [3.05, 3.63) is 60.7 Å². The molecule has 0 radical (unpaired) electrons. The van der Waals surface area contributed by atoms with Gasteiger partial charge in [0.05, 0.1) is 0 Å². The Morgan fingerprint density at radius 3 is 1.90 bits per heavy atom. The predicted molar refractivity (Wildman–Crippen MR) is 110 cm³/mol. The number of benzene rings is 2. The first-order valence-corrected chi connectivity index (χ1v) is 18.6. The van der Waals surface area contributed by atoms with Crippen LogP contribution in [0.5, 0.6) is 0 Å². The van der Waals surface area contributed by atoms with Crippen LogP contribution in [0.3, 0.4) is 0 Å². The van der Waals surface area contributed by atoms with Crippen LogP contribution in [0.1, 0.15) is 13.3 Å². The molecule has 5 heteroatoms. The molecular weight excluding hydrogens is 441 g/mol. The van der Waals surface area contributed by atoms with E-state index in [4.69, 9.17) is 12.2 Å². The zero-order chi connectivity index (χ0) is 15.1. The number of rotatable bonds is 5. The van der Waals surface area contributed by atoms with Gasteiger partial charge in [-0.3, -0.25) is 0 Å². The van der Waals surface area contributed by atoms with E-state index in [1.807, 2.05) is 10.1 Å². The molecule has 0 fully saturated rings. The molecule has 0 bridgehead atoms. The van der Waals surface area contributed by atoms with Crippen molar-refractivity contribution in [3.8, 4) is 0 Å². The second-order valence-corrected chi connectivity index (χ2v) is 25.7. The van der Waals surface area contributed by atoms with Crippen LogP contribution in [-0.2, 0) is 0 Å². The monoisotopic (exact) mass is 458 g/mol. The van der Waals surface area contributed by atoms with Crippen molar-refractivity contribution in [2.45, 2.75) is 13.3 Å². The molecule has 0 N–H and O–H groups in total. The summed E-state index contributed by atoms with van der Waals surface area (Å²) in [5.41, 5.74) is 0. The maximum atomic E-state index is 5.61. The molecule has 0 atom stereocenters. The first-order valence-electron chi connectivity index (χ1n) is 6.82. The summed E-state index contributed by atoms with van der Waals surface area (Å²) < 4.78 is 3.85. The van der Waals surface area contributed by atoms with Crippen molar-refractivity contribution in [1.29, 1.82) is 0 Å². The van der Waals surface area contributed by atoms with E-state index in [0.717, 1.165) is 15.7 Å². The number of hydrogen-bond donors (Lipinski definition) is 0. The zero-order valence-corrected chi connectivity index (χ0v) is 17.9. The van der Waals surface area contributed by atoms with Crippen molar-refractivity contribution >= 4 is 70.7 Å². The van der Waals surface area contributed by atoms with Gasteiger partial charge in [-0.2, -0.15) is 0 Å². The number of halogens is 1. The van der Waals surface area contributed by atoms with Gasteiger partial charge < -0.3 is 0 Å². The Morgan fingerprint density at radius 1 is 1.00 bits per heavy atom. The van der Waals surface area contributed by atoms with E-state index < -0.39 is 10.3 Å². The van der Waals surface area contributed by atoms with Gasteiger partial charge in [0.2, 0.25) is 0 Å². The van der Waals surface area contributed by atoms with Gasteiger partial charge in [0.15, 0.2) is 0 Å². The van der Waals surface area contributed by atoms with Gasteiger partial charge in [0, 0.05) is 0 Å². The maximum absolute atomic E-state index is 5.61. The summed E-state index contributed by atoms with van der Waals surface area (Å²) in [5, 5.41) is 0. The first kappa shape index (κ1) is 17.6. The van der Waals surface area contributed by atoms with Crippen LogP contribution < -0.4 is 8.79 Å². The third kappa shape index (κ3) is 4.86. The quantitative estimate of drug-likeness (QED) is 0.467. The fourth-order valence-electron chi connectivity index (χ4n) is 1.92. The summed E-state index contributed by atoms with van der Waals surface area (Å²) in [5.74, 6) is 1.10. The van der Waals surface area contributed by atoms with Crippen LogP contribution in [0.15, 0.2) is 60.7 Å². The Morgan fingerprint density at radius 2 is 1.48 bits per heavy atom. The van der Waals surface area contributed by atoms with Crippen molar-refractivity contribution in [1.82, 2.24) is 0 Å². The van der Waals surface area contributed by atoms with E-state index in [-0.39, 0.29) is 0 Å². The fraction of sp³-hybridized carbons (Fsp3) is 0.188. The van der Waals surface area contributed by atoms with Gasteiger partial charge in [-0.1, -0.05) is 0 Å². The van der Waals surface area contributed by atoms with Crippen LogP contribution >= 0.6 is 48.1 Å². The van der Waals surface area contributed by atoms with E-state index in [1.54, 1.807) is 11.8 Å². The summed E-state index contributed by atoms with van der Waals surface area (Å²) in [4.78, 5) is 0. The van der Waals surface area contributed by atoms with Gasteiger partial charge in [-0.15, -0.1) is 0 Å². The molecule has 0 aromatic heterocycles. The van der Waals surface area contributed by atoms with Gasteiger partial charge in [-0.25, -0.2) is 0 Å². The molecule has 0 saturated carbocycles. The molecule has 21 heavy (non-hydrogen) atoms. The first-order chi connectivity index (χ1) is 10.2. The summed E-state index contributed by atoms with van der Waals surface area (Å²) in [7, 11) is -0.758. The van der Waals surface area contributed by atoms with E-state index in [9.17, 15) is 0 Å². The fourth-order valence-corrected chi connectivity index (χ4v) is 24.8. The van der Waals surface area contributed by atoms with Crippen LogP contribution in [0, 0.1) is 0 Å². The number of thioether (sulfide) groups is 1. The Hall–Kier alpha value is 0.253. The molecule has 2 rings (SSSR count). The molecule has 110 valence electrons. The zero-order valence-electron chi connectivity index (χ0n) is 11.8. The summed E-state index contributed by atoms with van der Waals surface area (Å²) >= 11 is 11.6. The standard InChI is InChI=1S/C16H17BrGeS3/c1-2-13-20-16(19)21-18(17,14-9-5-3-6-10-14)15-11-7-4-8-12-15/h3-12H,2,13H2,1H3. The van der Waals surface area contributed by atoms with Gasteiger partial charge in [0.25, 0.3) is 0 Å². The van der Waals surface area contributed by atoms with Crippen LogP contribution in [0.4, 0.5) is 0 Å². The average Bonchev–Trinajstić information content (AvgIpc) is 2.54. The summed E-state index contributed by atoms with van der Waals surface area (Å²) in [6, 6.07) is 21.5. The van der Waals surface area contributed by atoms with E-state index in [1.165, 1.54) is 8.79 Å². The molecular formula is C16H17BrGeS3. The minimum atomic E-state index is -2.65. The number of thiocarbonyl (C=S) groups is 1. The molecule has 2 aromatic carbocycles. The van der Waals surface area contributed by atoms with Crippen molar-refractivity contribution in [2.24, 2.45) is 0 Å². The Bertz CT molecular complexity index is 535. The summed E-state index contributed by atoms with van der Waals surface area (Å²) in [6.45, 7) is 2.19. The molecule has 0 aliphatic carbocycles. The molecule has 0 nitrogen and oxygen atoms in total. The number of hydrogen-bond acceptors (Lipinski definition) is 3. The van der Waals surface area contributed by atoms with E-state index >= 15 is 0 Å². The van der Waals surface area contributed by atoms with Crippen molar-refractivity contribution in [2.75, 3.05) is 5.75 Å². The Labute approximate surface area is 149 Å². The molecule has 0 aliphatic rings. The molecule has 2 aromatic rings. The topological polar surface area (TPSA) is 0 Å². The van der Waals surface area contributed by atoms with Crippen molar-refractivity contribution in [3.63, 3.8) is 0 Å². The molecule has 0 amide bonds. The second kappa shape index (κ2) is 8.77. The molecule has 0 heterocycles. The van der Waals surface area contributed by atoms with E-state index in [0.29, 0.717) is 0 Å². The third-order valence-corrected chi connectivity index (χ3v) is 24.6. The normalized spacial score (nSPS) is 11.3. The minimum absolute atomic E-state index is 1.06. The van der Waals surface area contributed by atoms with Crippen LogP contribution in [0.25, 0.3) is 0 Å². The third-order valence-electron chi connectivity index (χ3n) is 2.94. The molecule has 0 spiro atoms. The molecule has 0 saturated heterocycles. The molecule has 0 unspecified atom stereocenters. The Kier molecular flexibility index (Phi) is 7.35. The summed E-state index contributed by atoms with van der Waals surface area (Å²) in [6.07, 6.45) is 1.16. The van der Waals surface area contributed by atoms with Gasteiger partial charge in [0.1, 0.15) is 0 Å².